The molecule has 8 N–H and O–H groups in total. The molecule has 82 heavy (non-hydrogen) atoms. The number of piperidine rings is 1. The maximum absolute atomic E-state index is 13.5. The molecule has 26 heteroatoms. The second kappa shape index (κ2) is 25.6. The van der Waals surface area contributed by atoms with Gasteiger partial charge in [-0.3, -0.25) is 14.5 Å². The second-order valence-corrected chi connectivity index (χ2v) is 25.2. The van der Waals surface area contributed by atoms with Crippen LogP contribution in [0.2, 0.25) is 5.02 Å². The predicted octanol–water partition coefficient (Wildman–Crippen LogP) is 5.79. The average molecular weight is 1200 g/mol. The second-order valence-electron chi connectivity index (χ2n) is 21.2. The number of benzene rings is 4. The fourth-order valence-electron chi connectivity index (χ4n) is 11.5. The van der Waals surface area contributed by atoms with Gasteiger partial charge in [0, 0.05) is 69.5 Å². The van der Waals surface area contributed by atoms with E-state index in [0.717, 1.165) is 60.4 Å². The first-order valence-corrected chi connectivity index (χ1v) is 29.5. The fourth-order valence-corrected chi connectivity index (χ4v) is 14.0. The van der Waals surface area contributed by atoms with Crippen molar-refractivity contribution in [3.05, 3.63) is 94.1 Å². The van der Waals surface area contributed by atoms with E-state index >= 15 is 0 Å². The van der Waals surface area contributed by atoms with Gasteiger partial charge < -0.3 is 63.9 Å². The fraction of sp³-hybridized carbons (Fsp3) is 0.482. The third-order valence-corrected chi connectivity index (χ3v) is 18.8. The molecule has 0 bridgehead atoms. The highest BCUT2D eigenvalue weighted by molar-refractivity contribution is 7.90. The number of carboxylic acids is 1. The lowest BCUT2D eigenvalue weighted by atomic mass is 9.63. The Morgan fingerprint density at radius 3 is 2.18 bits per heavy atom. The van der Waals surface area contributed by atoms with Crippen LogP contribution in [0.3, 0.4) is 0 Å². The SMILES string of the molecule is CN(CC1(C)CCCO1)S(=O)(=O)c1ccc(Cl)c(S(N)(=O)=O)c1.COC(=O)[C@@H]1[C@@H]2C[C@H]3c4[nH]c5cc(OC)ccc5c4CCN3C[C@H]2C[C@@H](OC(=O)c2cc(OC)c(OC)c(OC)c2)[C@@H]1OC.C[C@](N)(Cc1ccc(O)c(O)c1)C(=O)O. The Labute approximate surface area is 481 Å². The molecule has 448 valence electrons. The smallest absolute Gasteiger partial charge is 0.338 e. The molecule has 1 saturated carbocycles. The van der Waals surface area contributed by atoms with E-state index in [1.54, 1.807) is 26.4 Å². The van der Waals surface area contributed by atoms with Crippen LogP contribution < -0.4 is 29.8 Å². The van der Waals surface area contributed by atoms with Gasteiger partial charge in [-0.25, -0.2) is 26.8 Å². The molecular weight excluding hydrogens is 1130 g/mol. The number of esters is 2. The summed E-state index contributed by atoms with van der Waals surface area (Å²) in [6.07, 6.45) is 2.64. The maximum atomic E-state index is 13.5. The Kier molecular flexibility index (Phi) is 19.7. The number of nitrogens with one attached hydrogen (secondary N) is 1. The minimum Gasteiger partial charge on any atom is -0.504 e. The first-order valence-electron chi connectivity index (χ1n) is 26.1. The lowest BCUT2D eigenvalue weighted by molar-refractivity contribution is -0.176. The maximum Gasteiger partial charge on any atom is 0.338 e. The topological polar surface area (TPSA) is 328 Å². The Balaban J connectivity index is 0.000000211. The summed E-state index contributed by atoms with van der Waals surface area (Å²) in [5, 5.41) is 33.2. The molecule has 23 nitrogen and oxygen atoms in total. The Morgan fingerprint density at radius 1 is 0.915 bits per heavy atom. The summed E-state index contributed by atoms with van der Waals surface area (Å²) in [7, 11) is 2.52. The molecule has 4 heterocycles. The molecule has 3 fully saturated rings. The van der Waals surface area contributed by atoms with Crippen molar-refractivity contribution in [2.45, 2.75) is 91.6 Å². The number of nitrogens with zero attached hydrogens (tertiary/aromatic N) is 2. The number of carbonyl (C=O) groups is 3. The normalized spacial score (nSPS) is 23.0. The summed E-state index contributed by atoms with van der Waals surface area (Å²) in [6.45, 7) is 5.69. The number of carboxylic acid groups (broad SMARTS) is 1. The number of phenolic OH excluding ortho intramolecular Hbond substituents is 2. The van der Waals surface area contributed by atoms with E-state index < -0.39 is 66.1 Å². The van der Waals surface area contributed by atoms with Crippen molar-refractivity contribution in [1.29, 1.82) is 0 Å². The van der Waals surface area contributed by atoms with Gasteiger partial charge in [0.05, 0.1) is 68.6 Å². The van der Waals surface area contributed by atoms with Crippen LogP contribution in [-0.4, -0.2) is 164 Å². The highest BCUT2D eigenvalue weighted by Crippen LogP contribution is 2.51. The van der Waals surface area contributed by atoms with Gasteiger partial charge in [-0.15, -0.1) is 0 Å². The number of aromatic amines is 1. The minimum absolute atomic E-state index is 0.0170. The lowest BCUT2D eigenvalue weighted by Gasteiger charge is -2.52. The number of aromatic nitrogens is 1. The number of sulfonamides is 2. The zero-order chi connectivity index (χ0) is 60.2. The molecule has 8 atom stereocenters. The van der Waals surface area contributed by atoms with Gasteiger partial charge >= 0.3 is 17.9 Å². The molecule has 0 amide bonds. The zero-order valence-electron chi connectivity index (χ0n) is 47.1. The molecule has 2 saturated heterocycles. The number of hydrogen-bond acceptors (Lipinski definition) is 19. The van der Waals surface area contributed by atoms with Crippen LogP contribution in [-0.2, 0) is 61.4 Å². The third-order valence-electron chi connectivity index (χ3n) is 15.6. The van der Waals surface area contributed by atoms with Gasteiger partial charge in [0.2, 0.25) is 25.8 Å². The first-order chi connectivity index (χ1) is 38.6. The van der Waals surface area contributed by atoms with E-state index in [-0.39, 0.29) is 63.8 Å². The molecule has 9 rings (SSSR count). The van der Waals surface area contributed by atoms with Crippen LogP contribution in [0.5, 0.6) is 34.5 Å². The number of nitrogens with two attached hydrogens (primary N) is 2. The number of fused-ring (bicyclic) bond motifs is 6. The Bertz CT molecular complexity index is 3360. The number of aromatic hydroxyl groups is 2. The van der Waals surface area contributed by atoms with Crippen molar-refractivity contribution in [3.63, 3.8) is 0 Å². The van der Waals surface area contributed by atoms with Gasteiger partial charge in [-0.2, -0.15) is 4.31 Å². The number of hydrogen-bond donors (Lipinski definition) is 6. The van der Waals surface area contributed by atoms with E-state index in [1.165, 1.54) is 89.4 Å². The average Bonchev–Trinajstić information content (AvgIpc) is 4.17. The van der Waals surface area contributed by atoms with Gasteiger partial charge in [-0.1, -0.05) is 17.7 Å². The highest BCUT2D eigenvalue weighted by atomic mass is 35.5. The van der Waals surface area contributed by atoms with Crippen LogP contribution in [0.15, 0.2) is 76.5 Å². The number of aliphatic carboxylic acids is 1. The van der Waals surface area contributed by atoms with Crippen LogP contribution in [0.1, 0.15) is 72.8 Å². The van der Waals surface area contributed by atoms with Crippen molar-refractivity contribution in [3.8, 4) is 34.5 Å². The number of ether oxygens (including phenoxy) is 8. The van der Waals surface area contributed by atoms with Gasteiger partial charge in [0.1, 0.15) is 28.4 Å². The van der Waals surface area contributed by atoms with Crippen LogP contribution in [0.25, 0.3) is 10.9 Å². The number of H-pyrrole nitrogens is 1. The molecule has 1 unspecified atom stereocenters. The monoisotopic (exact) mass is 1200 g/mol. The number of likely N-dealkylation sites (N-methyl/N-ethyl adjacent to an activating group) is 1. The largest absolute Gasteiger partial charge is 0.504 e. The highest BCUT2D eigenvalue weighted by Gasteiger charge is 2.54. The van der Waals surface area contributed by atoms with Crippen molar-refractivity contribution in [1.82, 2.24) is 14.2 Å². The molecule has 0 radical (unpaired) electrons. The zero-order valence-corrected chi connectivity index (χ0v) is 49.5. The van der Waals surface area contributed by atoms with Gasteiger partial charge in [0.25, 0.3) is 0 Å². The van der Waals surface area contributed by atoms with Crippen LogP contribution >= 0.6 is 11.6 Å². The van der Waals surface area contributed by atoms with Crippen LogP contribution in [0, 0.1) is 17.8 Å². The molecular formula is C56H72ClN5O18S2. The van der Waals surface area contributed by atoms with E-state index in [4.69, 9.17) is 70.6 Å². The summed E-state index contributed by atoms with van der Waals surface area (Å²) >= 11 is 5.78. The van der Waals surface area contributed by atoms with E-state index in [1.807, 2.05) is 19.1 Å². The van der Waals surface area contributed by atoms with Crippen molar-refractivity contribution in [2.24, 2.45) is 28.6 Å². The summed E-state index contributed by atoms with van der Waals surface area (Å²) < 4.78 is 94.1. The van der Waals surface area contributed by atoms with Crippen molar-refractivity contribution in [2.75, 3.05) is 75.9 Å². The number of phenols is 2. The molecule has 5 aromatic rings. The molecule has 3 aliphatic heterocycles. The molecule has 0 spiro atoms. The van der Waals surface area contributed by atoms with Gasteiger partial charge in [-0.05, 0) is 124 Å². The van der Waals surface area contributed by atoms with Crippen molar-refractivity contribution < 1.29 is 84.4 Å². The standard InChI is InChI=1S/C33H40N2O9.C13H19ClN2O5S2.C10H13NO4/c1-38-19-7-8-20-21-9-10-35-16-18-13-27(44-32(36)17-11-25(39-2)30(41-4)26(12-17)40-3)31(42-5)28(33(37)43-6)22(18)15-24(35)29(21)34-23(20)14-19;1-13(6-3-7-21-13)9-16(2)23(19,20)10-4-5-11(14)12(8-10)22(15,17)18;1-10(11,9(14)15)5-6-2-3-7(12)8(13)4-6/h7-8,11-12,14,18,22,24,27-28,31,34H,9-10,13,15-16H2,1-6H3;4-5,8H,3,6-7,9H2,1-2H3,(H2,15,17,18);2-4,12-13H,5,11H2,1H3,(H,14,15)/t18-,22-,24+,27-,28-,31+;;10-/m1.0/s1. The third kappa shape index (κ3) is 13.6. The summed E-state index contributed by atoms with van der Waals surface area (Å²) in [5.74, 6) is -1.20. The number of halogens is 1. The molecule has 1 aliphatic carbocycles. The first kappa shape index (κ1) is 63.2. The number of methoxy groups -OCH3 is 6. The Hall–Kier alpha value is -6.42. The van der Waals surface area contributed by atoms with Crippen LogP contribution in [0.4, 0.5) is 0 Å². The molecule has 4 aromatic carbocycles. The summed E-state index contributed by atoms with van der Waals surface area (Å²) in [4.78, 5) is 43.3. The lowest BCUT2D eigenvalue weighted by Crippen LogP contribution is -2.58. The molecule has 1 aromatic heterocycles. The minimum atomic E-state index is -4.12. The number of primary sulfonamides is 1. The predicted molar refractivity (Wildman–Crippen MR) is 301 cm³/mol. The van der Waals surface area contributed by atoms with Crippen molar-refractivity contribution >= 4 is 60.5 Å². The number of rotatable bonds is 16. The summed E-state index contributed by atoms with van der Waals surface area (Å²) in [6, 6.07) is 16.9. The van der Waals surface area contributed by atoms with Gasteiger partial charge in [0.15, 0.2) is 23.0 Å². The van der Waals surface area contributed by atoms with E-state index in [2.05, 4.69) is 16.0 Å². The van der Waals surface area contributed by atoms with E-state index in [9.17, 15) is 36.3 Å². The quantitative estimate of drug-likeness (QED) is 0.0503. The number of carbonyl (C=O) groups excluding carboxylic acids is 2. The summed E-state index contributed by atoms with van der Waals surface area (Å²) in [5.41, 5.74) is 7.99. The Morgan fingerprint density at radius 2 is 1.61 bits per heavy atom. The van der Waals surface area contributed by atoms with E-state index in [0.29, 0.717) is 35.8 Å². The molecule has 4 aliphatic rings.